The van der Waals surface area contributed by atoms with E-state index in [-0.39, 0.29) is 17.2 Å². The van der Waals surface area contributed by atoms with Crippen molar-refractivity contribution in [1.29, 1.82) is 0 Å². The molecule has 0 aliphatic rings. The van der Waals surface area contributed by atoms with Crippen LogP contribution in [-0.2, 0) is 0 Å². The van der Waals surface area contributed by atoms with Crippen LogP contribution in [0.1, 0.15) is 27.7 Å². The summed E-state index contributed by atoms with van der Waals surface area (Å²) in [6.45, 7) is 9.44. The van der Waals surface area contributed by atoms with Gasteiger partial charge in [-0.1, -0.05) is 27.7 Å². The minimum absolute atomic E-state index is 0.00646. The third-order valence-electron chi connectivity index (χ3n) is 2.80. The van der Waals surface area contributed by atoms with Gasteiger partial charge in [0.05, 0.1) is 0 Å². The molecule has 18 heavy (non-hydrogen) atoms. The molecule has 0 aromatic heterocycles. The first-order chi connectivity index (χ1) is 8.34. The smallest absolute Gasteiger partial charge is 0.167 e. The summed E-state index contributed by atoms with van der Waals surface area (Å²) in [7, 11) is 0. The van der Waals surface area contributed by atoms with E-state index in [0.717, 1.165) is 12.6 Å². The van der Waals surface area contributed by atoms with E-state index in [1.54, 1.807) is 0 Å². The van der Waals surface area contributed by atoms with Gasteiger partial charge >= 0.3 is 0 Å². The van der Waals surface area contributed by atoms with E-state index in [9.17, 15) is 8.78 Å². The second-order valence-electron chi connectivity index (χ2n) is 5.36. The molecule has 0 aliphatic heterocycles. The lowest BCUT2D eigenvalue weighted by atomic mass is 9.87. The zero-order valence-corrected chi connectivity index (χ0v) is 11.4. The highest BCUT2D eigenvalue weighted by atomic mass is 19.1. The number of hydrogen-bond acceptors (Lipinski definition) is 2. The van der Waals surface area contributed by atoms with Crippen molar-refractivity contribution in [3.05, 3.63) is 29.8 Å². The Balaban J connectivity index is 2.67. The zero-order valence-electron chi connectivity index (χ0n) is 11.4. The van der Waals surface area contributed by atoms with Crippen LogP contribution in [0.3, 0.4) is 0 Å². The highest BCUT2D eigenvalue weighted by molar-refractivity contribution is 5.24. The summed E-state index contributed by atoms with van der Waals surface area (Å²) in [6, 6.07) is 3.44. The Bertz CT molecular complexity index is 388. The molecule has 1 rings (SSSR count). The van der Waals surface area contributed by atoms with E-state index in [1.165, 1.54) is 12.1 Å². The molecular formula is C14H21F2NO. The number of ether oxygens (including phenoxy) is 1. The third-order valence-corrected chi connectivity index (χ3v) is 2.80. The maximum Gasteiger partial charge on any atom is 0.167 e. The third kappa shape index (κ3) is 4.26. The Hall–Kier alpha value is -1.16. The quantitative estimate of drug-likeness (QED) is 0.873. The van der Waals surface area contributed by atoms with Crippen LogP contribution in [0.2, 0.25) is 0 Å². The monoisotopic (exact) mass is 257 g/mol. The molecule has 1 aromatic rings. The fourth-order valence-electron chi connectivity index (χ4n) is 1.63. The van der Waals surface area contributed by atoms with Crippen molar-refractivity contribution in [2.24, 2.45) is 5.41 Å². The molecule has 0 saturated heterocycles. The van der Waals surface area contributed by atoms with Crippen LogP contribution in [0.25, 0.3) is 0 Å². The summed E-state index contributed by atoms with van der Waals surface area (Å²) in [5, 5.41) is 3.30. The van der Waals surface area contributed by atoms with Crippen LogP contribution in [0.15, 0.2) is 18.2 Å². The van der Waals surface area contributed by atoms with Crippen LogP contribution >= 0.6 is 0 Å². The van der Waals surface area contributed by atoms with E-state index in [4.69, 9.17) is 4.74 Å². The summed E-state index contributed by atoms with van der Waals surface area (Å²) >= 11 is 0. The van der Waals surface area contributed by atoms with Gasteiger partial charge in [0, 0.05) is 12.1 Å². The molecule has 0 bridgehead atoms. The van der Waals surface area contributed by atoms with Gasteiger partial charge < -0.3 is 10.1 Å². The highest BCUT2D eigenvalue weighted by Crippen LogP contribution is 2.22. The van der Waals surface area contributed by atoms with Gasteiger partial charge in [-0.3, -0.25) is 0 Å². The largest absolute Gasteiger partial charge is 0.489 e. The minimum Gasteiger partial charge on any atom is -0.489 e. The molecule has 0 spiro atoms. The van der Waals surface area contributed by atoms with Gasteiger partial charge in [-0.25, -0.2) is 8.78 Å². The van der Waals surface area contributed by atoms with Gasteiger partial charge in [0.25, 0.3) is 0 Å². The number of nitrogens with one attached hydrogen (secondary N) is 1. The Kier molecular flexibility index (Phi) is 5.08. The molecule has 0 amide bonds. The van der Waals surface area contributed by atoms with Crippen LogP contribution in [0, 0.1) is 17.0 Å². The van der Waals surface area contributed by atoms with Crippen molar-refractivity contribution in [2.45, 2.75) is 33.7 Å². The van der Waals surface area contributed by atoms with Gasteiger partial charge in [0.15, 0.2) is 11.6 Å². The SMILES string of the molecule is CCNC(COc1ccc(F)cc1F)C(C)(C)C. The van der Waals surface area contributed by atoms with Crippen molar-refractivity contribution >= 4 is 0 Å². The number of likely N-dealkylation sites (N-methyl/N-ethyl adjacent to an activating group) is 1. The first-order valence-corrected chi connectivity index (χ1v) is 6.16. The Morgan fingerprint density at radius 2 is 1.94 bits per heavy atom. The van der Waals surface area contributed by atoms with Crippen LogP contribution in [0.5, 0.6) is 5.75 Å². The van der Waals surface area contributed by atoms with Crippen molar-refractivity contribution in [3.8, 4) is 5.75 Å². The molecule has 1 unspecified atom stereocenters. The maximum absolute atomic E-state index is 13.4. The number of halogens is 2. The molecular weight excluding hydrogens is 236 g/mol. The van der Waals surface area contributed by atoms with Gasteiger partial charge in [0.1, 0.15) is 12.4 Å². The number of rotatable bonds is 5. The van der Waals surface area contributed by atoms with Crippen LogP contribution in [0.4, 0.5) is 8.78 Å². The second-order valence-corrected chi connectivity index (χ2v) is 5.36. The van der Waals surface area contributed by atoms with Crippen molar-refractivity contribution in [3.63, 3.8) is 0 Å². The minimum atomic E-state index is -0.667. The van der Waals surface area contributed by atoms with Gasteiger partial charge in [0.2, 0.25) is 0 Å². The zero-order chi connectivity index (χ0) is 13.8. The molecule has 1 aromatic carbocycles. The number of hydrogen-bond donors (Lipinski definition) is 1. The normalized spacial score (nSPS) is 13.4. The fraction of sp³-hybridized carbons (Fsp3) is 0.571. The van der Waals surface area contributed by atoms with Gasteiger partial charge in [-0.05, 0) is 24.1 Å². The van der Waals surface area contributed by atoms with Gasteiger partial charge in [-0.2, -0.15) is 0 Å². The molecule has 0 saturated carbocycles. The Morgan fingerprint density at radius 1 is 1.28 bits per heavy atom. The van der Waals surface area contributed by atoms with E-state index >= 15 is 0 Å². The van der Waals surface area contributed by atoms with Crippen molar-refractivity contribution in [1.82, 2.24) is 5.32 Å². The first kappa shape index (κ1) is 14.9. The Labute approximate surface area is 107 Å². The molecule has 0 fully saturated rings. The van der Waals surface area contributed by atoms with Crippen molar-refractivity contribution < 1.29 is 13.5 Å². The second kappa shape index (κ2) is 6.14. The Morgan fingerprint density at radius 3 is 2.44 bits per heavy atom. The van der Waals surface area contributed by atoms with E-state index < -0.39 is 11.6 Å². The van der Waals surface area contributed by atoms with Crippen LogP contribution < -0.4 is 10.1 Å². The summed E-state index contributed by atoms with van der Waals surface area (Å²) in [4.78, 5) is 0. The molecule has 0 heterocycles. The molecule has 1 atom stereocenters. The van der Waals surface area contributed by atoms with E-state index in [0.29, 0.717) is 6.61 Å². The highest BCUT2D eigenvalue weighted by Gasteiger charge is 2.24. The summed E-state index contributed by atoms with van der Waals surface area (Å²) in [5.41, 5.74) is 0.00646. The lowest BCUT2D eigenvalue weighted by Crippen LogP contribution is -2.44. The number of benzene rings is 1. The fourth-order valence-corrected chi connectivity index (χ4v) is 1.63. The predicted molar refractivity (Wildman–Crippen MR) is 68.8 cm³/mol. The average Bonchev–Trinajstić information content (AvgIpc) is 2.24. The summed E-state index contributed by atoms with van der Waals surface area (Å²) < 4.78 is 31.6. The van der Waals surface area contributed by atoms with E-state index in [2.05, 4.69) is 26.1 Å². The standard InChI is InChI=1S/C14H21F2NO/c1-5-17-13(14(2,3)4)9-18-12-7-6-10(15)8-11(12)16/h6-8,13,17H,5,9H2,1-4H3. The maximum atomic E-state index is 13.4. The van der Waals surface area contributed by atoms with Gasteiger partial charge in [-0.15, -0.1) is 0 Å². The first-order valence-electron chi connectivity index (χ1n) is 6.16. The summed E-state index contributed by atoms with van der Waals surface area (Å²) in [5.74, 6) is -1.18. The molecule has 0 radical (unpaired) electrons. The lowest BCUT2D eigenvalue weighted by Gasteiger charge is -2.31. The molecule has 4 heteroatoms. The predicted octanol–water partition coefficient (Wildman–Crippen LogP) is 3.37. The summed E-state index contributed by atoms with van der Waals surface area (Å²) in [6.07, 6.45) is 0. The average molecular weight is 257 g/mol. The molecule has 2 nitrogen and oxygen atoms in total. The lowest BCUT2D eigenvalue weighted by molar-refractivity contribution is 0.171. The molecule has 1 N–H and O–H groups in total. The van der Waals surface area contributed by atoms with Crippen molar-refractivity contribution in [2.75, 3.05) is 13.2 Å². The molecule has 0 aliphatic carbocycles. The topological polar surface area (TPSA) is 21.3 Å². The molecule has 102 valence electrons. The van der Waals surface area contributed by atoms with E-state index in [1.807, 2.05) is 6.92 Å². The van der Waals surface area contributed by atoms with Crippen LogP contribution in [-0.4, -0.2) is 19.2 Å².